The zero-order valence-corrected chi connectivity index (χ0v) is 12.2. The molecule has 1 N–H and O–H groups in total. The molecule has 3 rings (SSSR count). The predicted molar refractivity (Wildman–Crippen MR) is 76.8 cm³/mol. The maximum atomic E-state index is 12.7. The Kier molecular flexibility index (Phi) is 4.11. The highest BCUT2D eigenvalue weighted by Crippen LogP contribution is 2.33. The topological polar surface area (TPSA) is 32.3 Å². The average Bonchev–Trinajstić information content (AvgIpc) is 3.18. The van der Waals surface area contributed by atoms with Crippen LogP contribution in [-0.4, -0.2) is 36.5 Å². The van der Waals surface area contributed by atoms with Gasteiger partial charge < -0.3 is 10.2 Å². The summed E-state index contributed by atoms with van der Waals surface area (Å²) in [7, 11) is 0. The van der Waals surface area contributed by atoms with Gasteiger partial charge in [0.2, 0.25) is 5.91 Å². The Balaban J connectivity index is 1.57. The molecule has 1 aliphatic heterocycles. The number of nitrogens with zero attached hydrogens (tertiary/aromatic N) is 1. The molecule has 0 radical (unpaired) electrons. The molecule has 1 unspecified atom stereocenters. The summed E-state index contributed by atoms with van der Waals surface area (Å²) >= 11 is 0. The summed E-state index contributed by atoms with van der Waals surface area (Å²) in [5.74, 6) is 2.04. The molecule has 1 atom stereocenters. The number of nitrogens with one attached hydrogen (secondary N) is 1. The smallest absolute Gasteiger partial charge is 0.226 e. The molecule has 0 spiro atoms. The van der Waals surface area contributed by atoms with Crippen LogP contribution in [0.25, 0.3) is 0 Å². The van der Waals surface area contributed by atoms with E-state index >= 15 is 0 Å². The molecular weight excluding hydrogens is 236 g/mol. The Morgan fingerprint density at radius 2 is 1.84 bits per heavy atom. The third-order valence-electron chi connectivity index (χ3n) is 5.36. The van der Waals surface area contributed by atoms with Gasteiger partial charge in [0.15, 0.2) is 0 Å². The number of hydrogen-bond donors (Lipinski definition) is 1. The fraction of sp³-hybridized carbons (Fsp3) is 0.938. The monoisotopic (exact) mass is 264 g/mol. The van der Waals surface area contributed by atoms with E-state index in [1.165, 1.54) is 44.9 Å². The van der Waals surface area contributed by atoms with Crippen LogP contribution in [0.1, 0.15) is 51.9 Å². The summed E-state index contributed by atoms with van der Waals surface area (Å²) in [6.45, 7) is 5.27. The van der Waals surface area contributed by atoms with Crippen LogP contribution in [0.4, 0.5) is 0 Å². The molecule has 0 aromatic rings. The molecule has 1 saturated heterocycles. The van der Waals surface area contributed by atoms with Crippen molar-refractivity contribution in [1.29, 1.82) is 0 Å². The molecule has 3 aliphatic rings. The number of carbonyl (C=O) groups excluding carboxylic acids is 1. The molecule has 108 valence electrons. The van der Waals surface area contributed by atoms with Crippen molar-refractivity contribution in [3.8, 4) is 0 Å². The summed E-state index contributed by atoms with van der Waals surface area (Å²) in [5, 5.41) is 3.29. The number of hydrogen-bond acceptors (Lipinski definition) is 2. The number of amides is 1. The second-order valence-electron chi connectivity index (χ2n) is 6.93. The van der Waals surface area contributed by atoms with E-state index in [0.717, 1.165) is 25.6 Å². The lowest BCUT2D eigenvalue weighted by Gasteiger charge is -2.37. The highest BCUT2D eigenvalue weighted by Gasteiger charge is 2.39. The van der Waals surface area contributed by atoms with Gasteiger partial charge in [-0.3, -0.25) is 4.79 Å². The second-order valence-corrected chi connectivity index (χ2v) is 6.93. The molecule has 2 aliphatic carbocycles. The molecule has 0 aromatic carbocycles. The molecule has 19 heavy (non-hydrogen) atoms. The summed E-state index contributed by atoms with van der Waals surface area (Å²) in [6, 6.07) is 0.588. The van der Waals surface area contributed by atoms with Crippen LogP contribution in [0, 0.1) is 17.8 Å². The summed E-state index contributed by atoms with van der Waals surface area (Å²) in [4.78, 5) is 15.0. The Hall–Kier alpha value is -0.570. The fourth-order valence-corrected chi connectivity index (χ4v) is 3.58. The van der Waals surface area contributed by atoms with E-state index < -0.39 is 0 Å². The maximum absolute atomic E-state index is 12.7. The van der Waals surface area contributed by atoms with Crippen LogP contribution in [0.3, 0.4) is 0 Å². The lowest BCUT2D eigenvalue weighted by Crippen LogP contribution is -2.51. The standard InChI is InChI=1S/C16H28N2O/c1-12(14-9-17-10-14)16(19)18(15-7-8-15)11-13-5-3-2-4-6-13/h12-15,17H,2-11H2,1H3. The molecule has 1 heterocycles. The largest absolute Gasteiger partial charge is 0.339 e. The van der Waals surface area contributed by atoms with Crippen molar-refractivity contribution in [2.24, 2.45) is 17.8 Å². The van der Waals surface area contributed by atoms with Crippen molar-refractivity contribution in [2.45, 2.75) is 57.9 Å². The van der Waals surface area contributed by atoms with Gasteiger partial charge in [-0.25, -0.2) is 0 Å². The molecular formula is C16H28N2O. The number of carbonyl (C=O) groups is 1. The van der Waals surface area contributed by atoms with Crippen LogP contribution in [0.5, 0.6) is 0 Å². The summed E-state index contributed by atoms with van der Waals surface area (Å²) in [5.41, 5.74) is 0. The fourth-order valence-electron chi connectivity index (χ4n) is 3.58. The van der Waals surface area contributed by atoms with E-state index in [4.69, 9.17) is 0 Å². The number of rotatable bonds is 5. The van der Waals surface area contributed by atoms with E-state index in [9.17, 15) is 4.79 Å². The van der Waals surface area contributed by atoms with Crippen molar-refractivity contribution >= 4 is 5.91 Å². The van der Waals surface area contributed by atoms with E-state index in [2.05, 4.69) is 17.1 Å². The summed E-state index contributed by atoms with van der Waals surface area (Å²) in [6.07, 6.45) is 9.32. The van der Waals surface area contributed by atoms with Crippen LogP contribution < -0.4 is 5.32 Å². The van der Waals surface area contributed by atoms with Gasteiger partial charge in [-0.2, -0.15) is 0 Å². The zero-order chi connectivity index (χ0) is 13.2. The molecule has 0 bridgehead atoms. The van der Waals surface area contributed by atoms with Crippen LogP contribution >= 0.6 is 0 Å². The minimum absolute atomic E-state index is 0.227. The Morgan fingerprint density at radius 3 is 2.37 bits per heavy atom. The van der Waals surface area contributed by atoms with E-state index in [-0.39, 0.29) is 5.92 Å². The van der Waals surface area contributed by atoms with Crippen molar-refractivity contribution < 1.29 is 4.79 Å². The maximum Gasteiger partial charge on any atom is 0.226 e. The van der Waals surface area contributed by atoms with Crippen LogP contribution in [0.2, 0.25) is 0 Å². The van der Waals surface area contributed by atoms with Gasteiger partial charge in [-0.05, 0) is 50.6 Å². The Labute approximate surface area is 117 Å². The van der Waals surface area contributed by atoms with Gasteiger partial charge in [0, 0.05) is 18.5 Å². The molecule has 0 aromatic heterocycles. The SMILES string of the molecule is CC(C(=O)N(CC1CCCCC1)C1CC1)C1CNC1. The first-order valence-corrected chi connectivity index (χ1v) is 8.27. The minimum atomic E-state index is 0.227. The van der Waals surface area contributed by atoms with Gasteiger partial charge in [-0.15, -0.1) is 0 Å². The van der Waals surface area contributed by atoms with Crippen LogP contribution in [-0.2, 0) is 4.79 Å². The normalized spacial score (nSPS) is 26.8. The van der Waals surface area contributed by atoms with E-state index in [1.54, 1.807) is 0 Å². The van der Waals surface area contributed by atoms with Crippen LogP contribution in [0.15, 0.2) is 0 Å². The Morgan fingerprint density at radius 1 is 1.16 bits per heavy atom. The molecule has 3 fully saturated rings. The highest BCUT2D eigenvalue weighted by atomic mass is 16.2. The molecule has 1 amide bonds. The van der Waals surface area contributed by atoms with Crippen molar-refractivity contribution in [2.75, 3.05) is 19.6 Å². The highest BCUT2D eigenvalue weighted by molar-refractivity contribution is 5.79. The Bertz CT molecular complexity index is 317. The van der Waals surface area contributed by atoms with Crippen molar-refractivity contribution in [3.05, 3.63) is 0 Å². The second kappa shape index (κ2) is 5.82. The van der Waals surface area contributed by atoms with E-state index in [0.29, 0.717) is 17.9 Å². The predicted octanol–water partition coefficient (Wildman–Crippen LogP) is 2.41. The molecule has 3 nitrogen and oxygen atoms in total. The van der Waals surface area contributed by atoms with Gasteiger partial charge >= 0.3 is 0 Å². The van der Waals surface area contributed by atoms with Crippen molar-refractivity contribution in [3.63, 3.8) is 0 Å². The average molecular weight is 264 g/mol. The quantitative estimate of drug-likeness (QED) is 0.827. The first-order chi connectivity index (χ1) is 9.25. The van der Waals surface area contributed by atoms with E-state index in [1.807, 2.05) is 0 Å². The summed E-state index contributed by atoms with van der Waals surface area (Å²) < 4.78 is 0. The lowest BCUT2D eigenvalue weighted by molar-refractivity contribution is -0.138. The van der Waals surface area contributed by atoms with Gasteiger partial charge in [0.1, 0.15) is 0 Å². The third kappa shape index (κ3) is 3.13. The van der Waals surface area contributed by atoms with Crippen molar-refractivity contribution in [1.82, 2.24) is 10.2 Å². The zero-order valence-electron chi connectivity index (χ0n) is 12.2. The molecule has 3 heteroatoms. The molecule has 2 saturated carbocycles. The van der Waals surface area contributed by atoms with Gasteiger partial charge in [0.25, 0.3) is 0 Å². The first-order valence-electron chi connectivity index (χ1n) is 8.27. The van der Waals surface area contributed by atoms with Gasteiger partial charge in [0.05, 0.1) is 0 Å². The minimum Gasteiger partial charge on any atom is -0.339 e. The van der Waals surface area contributed by atoms with Gasteiger partial charge in [-0.1, -0.05) is 26.2 Å². The lowest BCUT2D eigenvalue weighted by atomic mass is 9.86. The first kappa shape index (κ1) is 13.4. The third-order valence-corrected chi connectivity index (χ3v) is 5.36.